The summed E-state index contributed by atoms with van der Waals surface area (Å²) < 4.78 is 28.5. The zero-order valence-corrected chi connectivity index (χ0v) is 15.8. The standard InChI is InChI=1S/C18H17BrF2N2O.ClH/c1-18(22,10-5-7-11(19)8-6-10)17(24)23-15-9-12(15)16-13(20)3-2-4-14(16)21;/h2-8,12,15H,9,22H2,1H3,(H,23,24);1H. The summed E-state index contributed by atoms with van der Waals surface area (Å²) in [7, 11) is 0. The van der Waals surface area contributed by atoms with Gasteiger partial charge in [0.25, 0.3) is 0 Å². The fourth-order valence-corrected chi connectivity index (χ4v) is 3.05. The lowest BCUT2D eigenvalue weighted by Crippen LogP contribution is -2.49. The first-order chi connectivity index (χ1) is 11.3. The van der Waals surface area contributed by atoms with Crippen LogP contribution in [0.3, 0.4) is 0 Å². The molecular weight excluding hydrogens is 414 g/mol. The Kier molecular flexibility index (Phi) is 5.86. The Morgan fingerprint density at radius 2 is 1.76 bits per heavy atom. The lowest BCUT2D eigenvalue weighted by molar-refractivity contribution is -0.126. The first kappa shape index (κ1) is 19.8. The second-order valence-electron chi connectivity index (χ2n) is 6.27. The molecule has 1 aliphatic rings. The maximum Gasteiger partial charge on any atom is 0.244 e. The minimum atomic E-state index is -1.22. The van der Waals surface area contributed by atoms with Gasteiger partial charge in [0.15, 0.2) is 0 Å². The SMILES string of the molecule is CC(N)(C(=O)NC1CC1c1c(F)cccc1F)c1ccc(Br)cc1.Cl. The summed E-state index contributed by atoms with van der Waals surface area (Å²) in [6, 6.07) is 10.6. The molecule has 7 heteroatoms. The van der Waals surface area contributed by atoms with Crippen molar-refractivity contribution in [2.45, 2.75) is 30.8 Å². The van der Waals surface area contributed by atoms with E-state index in [-0.39, 0.29) is 35.8 Å². The minimum Gasteiger partial charge on any atom is -0.351 e. The van der Waals surface area contributed by atoms with Gasteiger partial charge in [0.1, 0.15) is 17.2 Å². The zero-order chi connectivity index (χ0) is 17.5. The second kappa shape index (κ2) is 7.40. The number of benzene rings is 2. The summed E-state index contributed by atoms with van der Waals surface area (Å²) >= 11 is 3.33. The minimum absolute atomic E-state index is 0. The molecule has 1 aliphatic carbocycles. The van der Waals surface area contributed by atoms with Crippen LogP contribution in [0.2, 0.25) is 0 Å². The lowest BCUT2D eigenvalue weighted by Gasteiger charge is -2.24. The van der Waals surface area contributed by atoms with Crippen LogP contribution in [0.25, 0.3) is 0 Å². The Labute approximate surface area is 159 Å². The predicted molar refractivity (Wildman–Crippen MR) is 98.6 cm³/mol. The zero-order valence-electron chi connectivity index (χ0n) is 13.4. The molecule has 3 atom stereocenters. The molecule has 0 heterocycles. The van der Waals surface area contributed by atoms with Crippen LogP contribution in [-0.2, 0) is 10.3 Å². The van der Waals surface area contributed by atoms with Crippen LogP contribution in [0, 0.1) is 11.6 Å². The third kappa shape index (κ3) is 4.02. The van der Waals surface area contributed by atoms with Crippen LogP contribution in [0.5, 0.6) is 0 Å². The van der Waals surface area contributed by atoms with Crippen LogP contribution >= 0.6 is 28.3 Å². The van der Waals surface area contributed by atoms with Gasteiger partial charge in [0.2, 0.25) is 5.91 Å². The molecule has 1 fully saturated rings. The number of hydrogen-bond acceptors (Lipinski definition) is 2. The molecule has 134 valence electrons. The van der Waals surface area contributed by atoms with Crippen LogP contribution in [0.15, 0.2) is 46.9 Å². The molecule has 0 aromatic heterocycles. The molecular formula is C18H18BrClF2N2O. The van der Waals surface area contributed by atoms with Crippen LogP contribution < -0.4 is 11.1 Å². The highest BCUT2D eigenvalue weighted by molar-refractivity contribution is 9.10. The largest absolute Gasteiger partial charge is 0.351 e. The molecule has 3 nitrogen and oxygen atoms in total. The average Bonchev–Trinajstić information content (AvgIpc) is 3.26. The number of nitrogens with one attached hydrogen (secondary N) is 1. The molecule has 3 rings (SSSR count). The summed E-state index contributed by atoms with van der Waals surface area (Å²) in [5.41, 5.74) is 5.65. The van der Waals surface area contributed by atoms with E-state index in [1.54, 1.807) is 19.1 Å². The van der Waals surface area contributed by atoms with E-state index < -0.39 is 17.2 Å². The molecule has 2 aromatic rings. The van der Waals surface area contributed by atoms with Crippen molar-refractivity contribution >= 4 is 34.2 Å². The number of hydrogen-bond donors (Lipinski definition) is 2. The molecule has 0 saturated heterocycles. The van der Waals surface area contributed by atoms with E-state index in [9.17, 15) is 13.6 Å². The maximum absolute atomic E-state index is 13.8. The highest BCUT2D eigenvalue weighted by Crippen LogP contribution is 2.43. The maximum atomic E-state index is 13.8. The number of halogens is 4. The molecule has 0 bridgehead atoms. The van der Waals surface area contributed by atoms with E-state index >= 15 is 0 Å². The lowest BCUT2D eigenvalue weighted by atomic mass is 9.92. The number of carbonyl (C=O) groups excluding carboxylic acids is 1. The van der Waals surface area contributed by atoms with Crippen molar-refractivity contribution in [1.29, 1.82) is 0 Å². The Balaban J connectivity index is 0.00000225. The Hall–Kier alpha value is -1.50. The van der Waals surface area contributed by atoms with Gasteiger partial charge in [-0.1, -0.05) is 34.1 Å². The van der Waals surface area contributed by atoms with Crippen molar-refractivity contribution in [2.75, 3.05) is 0 Å². The van der Waals surface area contributed by atoms with Crippen LogP contribution in [-0.4, -0.2) is 11.9 Å². The normalized spacial score (nSPS) is 21.0. The van der Waals surface area contributed by atoms with E-state index in [0.717, 1.165) is 4.47 Å². The first-order valence-electron chi connectivity index (χ1n) is 7.60. The van der Waals surface area contributed by atoms with Gasteiger partial charge in [0, 0.05) is 22.0 Å². The molecule has 1 saturated carbocycles. The van der Waals surface area contributed by atoms with Gasteiger partial charge < -0.3 is 11.1 Å². The monoisotopic (exact) mass is 430 g/mol. The Morgan fingerprint density at radius 3 is 2.32 bits per heavy atom. The fraction of sp³-hybridized carbons (Fsp3) is 0.278. The van der Waals surface area contributed by atoms with E-state index in [1.165, 1.54) is 18.2 Å². The van der Waals surface area contributed by atoms with Crippen molar-refractivity contribution in [3.05, 3.63) is 69.7 Å². The van der Waals surface area contributed by atoms with E-state index in [1.807, 2.05) is 12.1 Å². The molecule has 0 aliphatic heterocycles. The highest BCUT2D eigenvalue weighted by Gasteiger charge is 2.45. The molecule has 1 amide bonds. The van der Waals surface area contributed by atoms with Crippen molar-refractivity contribution < 1.29 is 13.6 Å². The van der Waals surface area contributed by atoms with Crippen molar-refractivity contribution in [2.24, 2.45) is 5.73 Å². The fourth-order valence-electron chi connectivity index (χ4n) is 2.78. The summed E-state index contributed by atoms with van der Waals surface area (Å²) in [5, 5.41) is 2.80. The molecule has 3 N–H and O–H groups in total. The molecule has 0 spiro atoms. The topological polar surface area (TPSA) is 55.1 Å². The van der Waals surface area contributed by atoms with Gasteiger partial charge in [-0.3, -0.25) is 4.79 Å². The van der Waals surface area contributed by atoms with E-state index in [4.69, 9.17) is 5.73 Å². The molecule has 25 heavy (non-hydrogen) atoms. The van der Waals surface area contributed by atoms with E-state index in [2.05, 4.69) is 21.2 Å². The predicted octanol–water partition coefficient (Wildman–Crippen LogP) is 4.00. The summed E-state index contributed by atoms with van der Waals surface area (Å²) in [5.74, 6) is -1.88. The molecule has 0 radical (unpaired) electrons. The smallest absolute Gasteiger partial charge is 0.244 e. The highest BCUT2D eigenvalue weighted by atomic mass is 79.9. The van der Waals surface area contributed by atoms with Gasteiger partial charge in [-0.05, 0) is 43.2 Å². The van der Waals surface area contributed by atoms with Gasteiger partial charge in [-0.15, -0.1) is 12.4 Å². The van der Waals surface area contributed by atoms with Gasteiger partial charge in [0.05, 0.1) is 0 Å². The number of carbonyl (C=O) groups is 1. The van der Waals surface area contributed by atoms with E-state index in [0.29, 0.717) is 12.0 Å². The molecule has 3 unspecified atom stereocenters. The van der Waals surface area contributed by atoms with Gasteiger partial charge >= 0.3 is 0 Å². The summed E-state index contributed by atoms with van der Waals surface area (Å²) in [4.78, 5) is 12.5. The summed E-state index contributed by atoms with van der Waals surface area (Å²) in [6.07, 6.45) is 0.500. The van der Waals surface area contributed by atoms with Crippen molar-refractivity contribution in [1.82, 2.24) is 5.32 Å². The summed E-state index contributed by atoms with van der Waals surface area (Å²) in [6.45, 7) is 1.62. The Morgan fingerprint density at radius 1 is 1.20 bits per heavy atom. The number of amides is 1. The Bertz CT molecular complexity index is 763. The van der Waals surface area contributed by atoms with Crippen molar-refractivity contribution in [3.63, 3.8) is 0 Å². The van der Waals surface area contributed by atoms with Gasteiger partial charge in [-0.2, -0.15) is 0 Å². The first-order valence-corrected chi connectivity index (χ1v) is 8.40. The number of nitrogens with two attached hydrogens (primary N) is 1. The van der Waals surface area contributed by atoms with Crippen LogP contribution in [0.1, 0.15) is 30.4 Å². The van der Waals surface area contributed by atoms with Crippen LogP contribution in [0.4, 0.5) is 8.78 Å². The van der Waals surface area contributed by atoms with Crippen molar-refractivity contribution in [3.8, 4) is 0 Å². The third-order valence-electron chi connectivity index (χ3n) is 4.39. The second-order valence-corrected chi connectivity index (χ2v) is 7.18. The third-order valence-corrected chi connectivity index (χ3v) is 4.92. The average molecular weight is 432 g/mol. The van der Waals surface area contributed by atoms with Gasteiger partial charge in [-0.25, -0.2) is 8.78 Å². The number of rotatable bonds is 4. The quantitative estimate of drug-likeness (QED) is 0.769. The molecule has 2 aromatic carbocycles.